The van der Waals surface area contributed by atoms with Crippen LogP contribution in [0.15, 0.2) is 51.4 Å². The second-order valence-electron chi connectivity index (χ2n) is 5.94. The number of nitrogens with one attached hydrogen (secondary N) is 2. The van der Waals surface area contributed by atoms with Gasteiger partial charge >= 0.3 is 0 Å². The Morgan fingerprint density at radius 1 is 1.22 bits per heavy atom. The molecule has 6 nitrogen and oxygen atoms in total. The largest absolute Gasteiger partial charge is 0.467 e. The van der Waals surface area contributed by atoms with Crippen molar-refractivity contribution >= 4 is 39.8 Å². The van der Waals surface area contributed by atoms with Crippen molar-refractivity contribution in [3.05, 3.63) is 54.0 Å². The van der Waals surface area contributed by atoms with Crippen molar-refractivity contribution in [2.45, 2.75) is 37.1 Å². The maximum atomic E-state index is 12.1. The number of rotatable bonds is 10. The van der Waals surface area contributed by atoms with Crippen LogP contribution in [0.1, 0.15) is 31.1 Å². The number of aryl methyl sites for hydroxylation is 1. The molecule has 0 saturated carbocycles. The number of aromatic nitrogens is 2. The average Bonchev–Trinajstić information content (AvgIpc) is 3.36. The van der Waals surface area contributed by atoms with E-state index in [1.54, 1.807) is 6.26 Å². The van der Waals surface area contributed by atoms with E-state index in [9.17, 15) is 4.79 Å². The second-order valence-corrected chi connectivity index (χ2v) is 8.14. The standard InChI is InChI=1S/C19H22N4O2S2/c1-2-3-5-14-7-9-15(10-8-14)21-17(24)13-26-19-23-22-18(27-19)20-12-16-6-4-11-25-16/h4,6-11H,2-3,5,12-13H2,1H3,(H,20,22)(H,21,24). The van der Waals surface area contributed by atoms with Crippen molar-refractivity contribution in [2.24, 2.45) is 0 Å². The summed E-state index contributed by atoms with van der Waals surface area (Å²) in [5.41, 5.74) is 2.12. The fourth-order valence-electron chi connectivity index (χ4n) is 2.38. The molecule has 3 aromatic rings. The first-order chi connectivity index (χ1) is 13.2. The summed E-state index contributed by atoms with van der Waals surface area (Å²) in [7, 11) is 0. The number of carbonyl (C=O) groups excluding carboxylic acids is 1. The monoisotopic (exact) mass is 402 g/mol. The summed E-state index contributed by atoms with van der Waals surface area (Å²) in [4.78, 5) is 12.1. The van der Waals surface area contributed by atoms with Crippen LogP contribution in [-0.2, 0) is 17.8 Å². The van der Waals surface area contributed by atoms with Crippen LogP contribution in [0.2, 0.25) is 0 Å². The number of unbranched alkanes of at least 4 members (excludes halogenated alkanes) is 1. The number of amides is 1. The Hall–Kier alpha value is -2.32. The van der Waals surface area contributed by atoms with E-state index >= 15 is 0 Å². The van der Waals surface area contributed by atoms with E-state index in [0.717, 1.165) is 22.2 Å². The van der Waals surface area contributed by atoms with Crippen molar-refractivity contribution in [3.63, 3.8) is 0 Å². The van der Waals surface area contributed by atoms with Gasteiger partial charge < -0.3 is 15.1 Å². The minimum atomic E-state index is -0.0541. The average molecular weight is 403 g/mol. The number of benzene rings is 1. The number of hydrogen-bond acceptors (Lipinski definition) is 7. The highest BCUT2D eigenvalue weighted by atomic mass is 32.2. The summed E-state index contributed by atoms with van der Waals surface area (Å²) in [5, 5.41) is 14.9. The molecule has 3 rings (SSSR count). The van der Waals surface area contributed by atoms with Gasteiger partial charge in [-0.2, -0.15) is 0 Å². The third kappa shape index (κ3) is 6.41. The predicted molar refractivity (Wildman–Crippen MR) is 110 cm³/mol. The molecule has 0 bridgehead atoms. The van der Waals surface area contributed by atoms with Crippen LogP contribution in [0, 0.1) is 0 Å². The molecule has 8 heteroatoms. The molecule has 2 heterocycles. The number of furan rings is 1. The molecule has 27 heavy (non-hydrogen) atoms. The SMILES string of the molecule is CCCCc1ccc(NC(=O)CSc2nnc(NCc3ccco3)s2)cc1. The molecule has 0 radical (unpaired) electrons. The Kier molecular flexibility index (Phi) is 7.29. The van der Waals surface area contributed by atoms with Crippen LogP contribution in [0.5, 0.6) is 0 Å². The minimum absolute atomic E-state index is 0.0541. The Morgan fingerprint density at radius 2 is 2.07 bits per heavy atom. The van der Waals surface area contributed by atoms with Crippen molar-refractivity contribution in [1.29, 1.82) is 0 Å². The van der Waals surface area contributed by atoms with E-state index in [-0.39, 0.29) is 5.91 Å². The first-order valence-corrected chi connectivity index (χ1v) is 10.6. The highest BCUT2D eigenvalue weighted by Gasteiger charge is 2.09. The lowest BCUT2D eigenvalue weighted by Crippen LogP contribution is -2.13. The van der Waals surface area contributed by atoms with Crippen molar-refractivity contribution < 1.29 is 9.21 Å². The van der Waals surface area contributed by atoms with Gasteiger partial charge in [0, 0.05) is 5.69 Å². The van der Waals surface area contributed by atoms with Gasteiger partial charge in [0.25, 0.3) is 0 Å². The first kappa shape index (κ1) is 19.4. The summed E-state index contributed by atoms with van der Waals surface area (Å²) in [5.74, 6) is 1.07. The Morgan fingerprint density at radius 3 is 2.81 bits per heavy atom. The van der Waals surface area contributed by atoms with Crippen molar-refractivity contribution in [3.8, 4) is 0 Å². The molecule has 2 N–H and O–H groups in total. The fourth-order valence-corrected chi connectivity index (χ4v) is 3.92. The van der Waals surface area contributed by atoms with E-state index in [2.05, 4.69) is 39.9 Å². The zero-order valence-electron chi connectivity index (χ0n) is 15.1. The van der Waals surface area contributed by atoms with Gasteiger partial charge in [-0.3, -0.25) is 4.79 Å². The molecule has 2 aromatic heterocycles. The Bertz CT molecular complexity index is 832. The van der Waals surface area contributed by atoms with Gasteiger partial charge in [0.05, 0.1) is 18.6 Å². The second kappa shape index (κ2) is 10.1. The van der Waals surface area contributed by atoms with Crippen LogP contribution in [0.3, 0.4) is 0 Å². The van der Waals surface area contributed by atoms with Crippen LogP contribution in [0.25, 0.3) is 0 Å². The molecule has 0 fully saturated rings. The molecule has 0 aliphatic heterocycles. The minimum Gasteiger partial charge on any atom is -0.467 e. The normalized spacial score (nSPS) is 10.7. The summed E-state index contributed by atoms with van der Waals surface area (Å²) >= 11 is 2.80. The van der Waals surface area contributed by atoms with Gasteiger partial charge in [0.15, 0.2) is 4.34 Å². The lowest BCUT2D eigenvalue weighted by Gasteiger charge is -2.05. The number of anilines is 2. The first-order valence-electron chi connectivity index (χ1n) is 8.84. The molecule has 0 aliphatic carbocycles. The molecule has 0 saturated heterocycles. The van der Waals surface area contributed by atoms with E-state index in [1.165, 1.54) is 41.5 Å². The molecular weight excluding hydrogens is 380 g/mol. The van der Waals surface area contributed by atoms with Gasteiger partial charge in [-0.05, 0) is 42.7 Å². The molecule has 1 aromatic carbocycles. The number of hydrogen-bond donors (Lipinski definition) is 2. The molecule has 0 atom stereocenters. The number of carbonyl (C=O) groups is 1. The summed E-state index contributed by atoms with van der Waals surface area (Å²) in [6.45, 7) is 2.74. The third-order valence-corrected chi connectivity index (χ3v) is 5.80. The predicted octanol–water partition coefficient (Wildman–Crippen LogP) is 4.82. The van der Waals surface area contributed by atoms with E-state index in [0.29, 0.717) is 17.4 Å². The lowest BCUT2D eigenvalue weighted by atomic mass is 10.1. The zero-order chi connectivity index (χ0) is 18.9. The van der Waals surface area contributed by atoms with Gasteiger partial charge in [-0.25, -0.2) is 0 Å². The summed E-state index contributed by atoms with van der Waals surface area (Å²) in [6.07, 6.45) is 5.08. The van der Waals surface area contributed by atoms with Gasteiger partial charge in [0.1, 0.15) is 5.76 Å². The molecule has 142 valence electrons. The van der Waals surface area contributed by atoms with E-state index in [1.807, 2.05) is 24.3 Å². The number of thioether (sulfide) groups is 1. The maximum absolute atomic E-state index is 12.1. The van der Waals surface area contributed by atoms with Crippen LogP contribution >= 0.6 is 23.1 Å². The van der Waals surface area contributed by atoms with Gasteiger partial charge in [-0.15, -0.1) is 10.2 Å². The highest BCUT2D eigenvalue weighted by molar-refractivity contribution is 8.01. The molecule has 0 spiro atoms. The number of nitrogens with zero attached hydrogens (tertiary/aromatic N) is 2. The van der Waals surface area contributed by atoms with Crippen LogP contribution in [0.4, 0.5) is 10.8 Å². The Balaban J connectivity index is 1.41. The van der Waals surface area contributed by atoms with Crippen LogP contribution in [-0.4, -0.2) is 21.9 Å². The van der Waals surface area contributed by atoms with Crippen molar-refractivity contribution in [1.82, 2.24) is 10.2 Å². The highest BCUT2D eigenvalue weighted by Crippen LogP contribution is 2.26. The maximum Gasteiger partial charge on any atom is 0.234 e. The van der Waals surface area contributed by atoms with Crippen LogP contribution < -0.4 is 10.6 Å². The van der Waals surface area contributed by atoms with Gasteiger partial charge in [0.2, 0.25) is 11.0 Å². The molecular formula is C19H22N4O2S2. The quantitative estimate of drug-likeness (QED) is 0.474. The summed E-state index contributed by atoms with van der Waals surface area (Å²) < 4.78 is 6.01. The van der Waals surface area contributed by atoms with Gasteiger partial charge in [-0.1, -0.05) is 48.6 Å². The molecule has 0 unspecified atom stereocenters. The topological polar surface area (TPSA) is 80.0 Å². The molecule has 0 aliphatic rings. The smallest absolute Gasteiger partial charge is 0.234 e. The zero-order valence-corrected chi connectivity index (χ0v) is 16.7. The van der Waals surface area contributed by atoms with E-state index < -0.39 is 0 Å². The van der Waals surface area contributed by atoms with E-state index in [4.69, 9.17) is 4.42 Å². The third-order valence-electron chi connectivity index (χ3n) is 3.78. The van der Waals surface area contributed by atoms with Crippen molar-refractivity contribution in [2.75, 3.05) is 16.4 Å². The Labute approximate surface area is 166 Å². The summed E-state index contributed by atoms with van der Waals surface area (Å²) in [6, 6.07) is 11.8. The lowest BCUT2D eigenvalue weighted by molar-refractivity contribution is -0.113. The fraction of sp³-hybridized carbons (Fsp3) is 0.316. The molecule has 1 amide bonds.